The van der Waals surface area contributed by atoms with Crippen molar-refractivity contribution in [3.63, 3.8) is 0 Å². The zero-order valence-electron chi connectivity index (χ0n) is 17.7. The van der Waals surface area contributed by atoms with Crippen LogP contribution >= 0.6 is 11.6 Å². The minimum absolute atomic E-state index is 0.0924. The normalized spacial score (nSPS) is 16.6. The summed E-state index contributed by atoms with van der Waals surface area (Å²) in [6.07, 6.45) is 6.60. The van der Waals surface area contributed by atoms with Crippen LogP contribution in [-0.2, 0) is 13.1 Å². The molecule has 0 saturated carbocycles. The molecule has 1 unspecified atom stereocenters. The molecule has 0 radical (unpaired) electrons. The Bertz CT molecular complexity index is 1190. The summed E-state index contributed by atoms with van der Waals surface area (Å²) in [5, 5.41) is 18.3. The van der Waals surface area contributed by atoms with E-state index in [1.54, 1.807) is 37.9 Å². The lowest BCUT2D eigenvalue weighted by atomic mass is 10.1. The number of benzene rings is 1. The van der Waals surface area contributed by atoms with Gasteiger partial charge in [-0.1, -0.05) is 22.8 Å². The number of anilines is 1. The summed E-state index contributed by atoms with van der Waals surface area (Å²) < 4.78 is 5.45. The Labute approximate surface area is 190 Å². The smallest absolute Gasteiger partial charge is 0.339 e. The van der Waals surface area contributed by atoms with Crippen molar-refractivity contribution in [2.45, 2.75) is 20.0 Å². The van der Waals surface area contributed by atoms with Crippen LogP contribution in [0.15, 0.2) is 54.0 Å². The van der Waals surface area contributed by atoms with Gasteiger partial charge >= 0.3 is 5.97 Å². The van der Waals surface area contributed by atoms with E-state index >= 15 is 0 Å². The lowest BCUT2D eigenvalue weighted by Gasteiger charge is -2.27. The summed E-state index contributed by atoms with van der Waals surface area (Å²) in [6, 6.07) is 9.34. The zero-order valence-corrected chi connectivity index (χ0v) is 18.5. The number of ether oxygens (including phenoxy) is 1. The second-order valence-corrected chi connectivity index (χ2v) is 7.82. The average Bonchev–Trinajstić information content (AvgIpc) is 3.17. The number of pyridine rings is 2. The number of quaternary nitrogens is 1. The molecule has 1 aliphatic heterocycles. The zero-order chi connectivity index (χ0) is 22.7. The maximum Gasteiger partial charge on any atom is 0.339 e. The van der Waals surface area contributed by atoms with Crippen LogP contribution in [0.3, 0.4) is 0 Å². The average molecular weight is 453 g/mol. The predicted octanol–water partition coefficient (Wildman–Crippen LogP) is 4.32. The highest BCUT2D eigenvalue weighted by Crippen LogP contribution is 2.38. The van der Waals surface area contributed by atoms with Gasteiger partial charge in [-0.15, -0.1) is 4.59 Å². The van der Waals surface area contributed by atoms with E-state index in [1.807, 2.05) is 25.1 Å². The first-order valence-corrected chi connectivity index (χ1v) is 10.5. The molecule has 1 atom stereocenters. The molecule has 0 aliphatic carbocycles. The third-order valence-electron chi connectivity index (χ3n) is 5.53. The fourth-order valence-corrected chi connectivity index (χ4v) is 4.09. The Morgan fingerprint density at radius 2 is 2.00 bits per heavy atom. The van der Waals surface area contributed by atoms with Gasteiger partial charge in [-0.25, -0.2) is 9.78 Å². The molecule has 0 amide bonds. The molecule has 0 saturated heterocycles. The molecular weight excluding hydrogens is 430 g/mol. The molecule has 2 aromatic heterocycles. The number of nitrogens with one attached hydrogen (secondary N) is 1. The van der Waals surface area contributed by atoms with Gasteiger partial charge in [0.1, 0.15) is 36.2 Å². The van der Waals surface area contributed by atoms with Gasteiger partial charge in [0.2, 0.25) is 0 Å². The molecule has 2 N–H and O–H groups in total. The van der Waals surface area contributed by atoms with Crippen LogP contribution in [0.2, 0.25) is 5.02 Å². The van der Waals surface area contributed by atoms with Gasteiger partial charge in [0.05, 0.1) is 17.8 Å². The summed E-state index contributed by atoms with van der Waals surface area (Å²) in [5.41, 5.74) is 3.22. The fraction of sp³-hybridized carbons (Fsp3) is 0.217. The van der Waals surface area contributed by atoms with Crippen molar-refractivity contribution in [1.82, 2.24) is 14.6 Å². The first kappa shape index (κ1) is 21.7. The van der Waals surface area contributed by atoms with E-state index in [-0.39, 0.29) is 10.2 Å². The molecule has 32 heavy (non-hydrogen) atoms. The highest BCUT2D eigenvalue weighted by Gasteiger charge is 2.40. The first-order valence-electron chi connectivity index (χ1n) is 10.1. The van der Waals surface area contributed by atoms with E-state index < -0.39 is 5.97 Å². The van der Waals surface area contributed by atoms with Crippen LogP contribution in [0.25, 0.3) is 0 Å². The van der Waals surface area contributed by atoms with Gasteiger partial charge in [-0.05, 0) is 36.8 Å². The summed E-state index contributed by atoms with van der Waals surface area (Å²) in [6.45, 7) is 3.67. The lowest BCUT2D eigenvalue weighted by Crippen LogP contribution is -2.42. The van der Waals surface area contributed by atoms with Crippen LogP contribution in [-0.4, -0.2) is 40.9 Å². The van der Waals surface area contributed by atoms with Gasteiger partial charge in [0, 0.05) is 30.7 Å². The quantitative estimate of drug-likeness (QED) is 0.494. The second-order valence-electron chi connectivity index (χ2n) is 7.41. The van der Waals surface area contributed by atoms with Crippen molar-refractivity contribution in [3.05, 3.63) is 76.2 Å². The maximum absolute atomic E-state index is 11.9. The van der Waals surface area contributed by atoms with Crippen LogP contribution in [0.1, 0.15) is 34.0 Å². The number of hydrogen-bond donors (Lipinski definition) is 2. The summed E-state index contributed by atoms with van der Waals surface area (Å²) in [5.74, 6) is 0.240. The van der Waals surface area contributed by atoms with Gasteiger partial charge in [-0.2, -0.15) is 0 Å². The SMILES string of the molecule is CC[N+]1(Cc2ccncc2)N=Cc2c1ncc(C(=O)O)c2NCc1ccc(OC)c(Cl)c1. The Balaban J connectivity index is 1.69. The molecule has 1 aliphatic rings. The molecule has 3 aromatic rings. The number of carbonyl (C=O) groups is 1. The molecule has 3 heterocycles. The Hall–Kier alpha value is -3.49. The highest BCUT2D eigenvalue weighted by molar-refractivity contribution is 6.32. The van der Waals surface area contributed by atoms with Gasteiger partial charge in [0.15, 0.2) is 0 Å². The van der Waals surface area contributed by atoms with Crippen LogP contribution in [0.5, 0.6) is 5.75 Å². The summed E-state index contributed by atoms with van der Waals surface area (Å²) in [7, 11) is 1.56. The van der Waals surface area contributed by atoms with Gasteiger partial charge in [0.25, 0.3) is 5.82 Å². The van der Waals surface area contributed by atoms with Crippen LogP contribution < -0.4 is 14.6 Å². The Kier molecular flexibility index (Phi) is 6.07. The predicted molar refractivity (Wildman–Crippen MR) is 124 cm³/mol. The number of hydrogen-bond acceptors (Lipinski definition) is 6. The minimum atomic E-state index is -1.06. The van der Waals surface area contributed by atoms with Gasteiger partial charge < -0.3 is 15.2 Å². The Morgan fingerprint density at radius 1 is 1.22 bits per heavy atom. The topological polar surface area (TPSA) is 96.7 Å². The standard InChI is InChI=1S/C23H22ClN5O3/c1-3-29(14-15-6-8-25-9-7-15)22-17(13-28-29)21(18(12-27-22)23(30)31)26-11-16-4-5-20(32-2)19(24)10-16/h4-10,12-13H,3,11,14H2,1-2H3,(H-,26,27,28,30,31)/p+1. The van der Waals surface area contributed by atoms with Crippen molar-refractivity contribution < 1.29 is 14.6 Å². The van der Waals surface area contributed by atoms with E-state index in [4.69, 9.17) is 21.4 Å². The number of aromatic nitrogens is 2. The number of fused-ring (bicyclic) bond motifs is 1. The highest BCUT2D eigenvalue weighted by atomic mass is 35.5. The van der Waals surface area contributed by atoms with E-state index in [9.17, 15) is 9.90 Å². The monoisotopic (exact) mass is 452 g/mol. The Morgan fingerprint density at radius 3 is 2.66 bits per heavy atom. The largest absolute Gasteiger partial charge is 0.495 e. The molecule has 0 fully saturated rings. The third kappa shape index (κ3) is 4.02. The summed E-state index contributed by atoms with van der Waals surface area (Å²) >= 11 is 6.23. The van der Waals surface area contributed by atoms with Gasteiger partial charge in [-0.3, -0.25) is 4.98 Å². The molecule has 9 heteroatoms. The fourth-order valence-electron chi connectivity index (χ4n) is 3.81. The minimum Gasteiger partial charge on any atom is -0.495 e. The number of nitrogens with zero attached hydrogens (tertiary/aromatic N) is 4. The van der Waals surface area contributed by atoms with Crippen molar-refractivity contribution >= 4 is 35.3 Å². The molecule has 0 bridgehead atoms. The van der Waals surface area contributed by atoms with E-state index in [0.717, 1.165) is 11.1 Å². The van der Waals surface area contributed by atoms with E-state index in [2.05, 4.69) is 15.3 Å². The summed E-state index contributed by atoms with van der Waals surface area (Å²) in [4.78, 5) is 20.5. The van der Waals surface area contributed by atoms with Crippen molar-refractivity contribution in [2.75, 3.05) is 19.0 Å². The number of halogens is 1. The number of carboxylic acid groups (broad SMARTS) is 1. The van der Waals surface area contributed by atoms with Crippen molar-refractivity contribution in [2.24, 2.45) is 5.10 Å². The van der Waals surface area contributed by atoms with Crippen LogP contribution in [0.4, 0.5) is 11.5 Å². The number of carboxylic acids is 1. The first-order chi connectivity index (χ1) is 15.5. The number of aromatic carboxylic acids is 1. The second kappa shape index (κ2) is 8.94. The molecular formula is C23H23ClN5O3+. The molecule has 8 nitrogen and oxygen atoms in total. The number of methoxy groups -OCH3 is 1. The van der Waals surface area contributed by atoms with E-state index in [1.165, 1.54) is 6.20 Å². The number of rotatable bonds is 8. The molecule has 4 rings (SSSR count). The molecule has 1 aromatic carbocycles. The maximum atomic E-state index is 11.9. The molecule has 0 spiro atoms. The molecule has 164 valence electrons. The van der Waals surface area contributed by atoms with Crippen LogP contribution in [0, 0.1) is 0 Å². The lowest BCUT2D eigenvalue weighted by molar-refractivity contribution is 0.0697. The van der Waals surface area contributed by atoms with Crippen molar-refractivity contribution in [3.8, 4) is 5.75 Å². The van der Waals surface area contributed by atoms with E-state index in [0.29, 0.717) is 47.5 Å². The third-order valence-corrected chi connectivity index (χ3v) is 5.83. The van der Waals surface area contributed by atoms with Crippen molar-refractivity contribution in [1.29, 1.82) is 0 Å².